The van der Waals surface area contributed by atoms with Crippen molar-refractivity contribution in [3.63, 3.8) is 0 Å². The number of amides is 2. The monoisotopic (exact) mass is 295 g/mol. The van der Waals surface area contributed by atoms with Crippen LogP contribution in [0.3, 0.4) is 0 Å². The van der Waals surface area contributed by atoms with Crippen LogP contribution in [0.15, 0.2) is 0 Å². The van der Waals surface area contributed by atoms with Crippen molar-refractivity contribution in [2.45, 2.75) is 45.2 Å². The summed E-state index contributed by atoms with van der Waals surface area (Å²) in [5, 5.41) is 3.24. The zero-order chi connectivity index (χ0) is 15.0. The normalized spacial score (nSPS) is 31.5. The largest absolute Gasteiger partial charge is 0.381 e. The molecule has 120 valence electrons. The van der Waals surface area contributed by atoms with Gasteiger partial charge in [-0.25, -0.2) is 4.79 Å². The van der Waals surface area contributed by atoms with E-state index in [2.05, 4.69) is 31.0 Å². The van der Waals surface area contributed by atoms with E-state index in [4.69, 9.17) is 4.74 Å². The van der Waals surface area contributed by atoms with Gasteiger partial charge in [-0.3, -0.25) is 4.90 Å². The fourth-order valence-electron chi connectivity index (χ4n) is 3.81. The van der Waals surface area contributed by atoms with Crippen LogP contribution in [-0.2, 0) is 4.74 Å². The predicted octanol–water partition coefficient (Wildman–Crippen LogP) is 1.54. The summed E-state index contributed by atoms with van der Waals surface area (Å²) >= 11 is 0. The molecule has 1 N–H and O–H groups in total. The van der Waals surface area contributed by atoms with E-state index >= 15 is 0 Å². The van der Waals surface area contributed by atoms with E-state index in [-0.39, 0.29) is 11.6 Å². The van der Waals surface area contributed by atoms with Gasteiger partial charge in [0.05, 0.1) is 13.2 Å². The van der Waals surface area contributed by atoms with Gasteiger partial charge in [-0.2, -0.15) is 0 Å². The van der Waals surface area contributed by atoms with Crippen LogP contribution in [0.4, 0.5) is 4.79 Å². The third-order valence-corrected chi connectivity index (χ3v) is 5.30. The average Bonchev–Trinajstić information content (AvgIpc) is 2.98. The van der Waals surface area contributed by atoms with Crippen molar-refractivity contribution in [2.24, 2.45) is 11.8 Å². The van der Waals surface area contributed by atoms with E-state index in [9.17, 15) is 4.79 Å². The smallest absolute Gasteiger partial charge is 0.317 e. The molecule has 0 aromatic carbocycles. The molecule has 3 aliphatic rings. The molecule has 0 radical (unpaired) electrons. The minimum atomic E-state index is 0.138. The number of carbonyl (C=O) groups excluding carboxylic acids is 1. The molecule has 0 bridgehead atoms. The Kier molecular flexibility index (Phi) is 4.14. The maximum atomic E-state index is 12.4. The van der Waals surface area contributed by atoms with E-state index in [1.807, 2.05) is 4.90 Å². The molecule has 3 rings (SSSR count). The Morgan fingerprint density at radius 3 is 2.19 bits per heavy atom. The highest BCUT2D eigenvalue weighted by atomic mass is 16.5. The molecule has 2 unspecified atom stereocenters. The first-order valence-corrected chi connectivity index (χ1v) is 8.32. The predicted molar refractivity (Wildman–Crippen MR) is 82.3 cm³/mol. The molecule has 5 heteroatoms. The molecular formula is C16H29N3O2. The first-order chi connectivity index (χ1) is 9.93. The van der Waals surface area contributed by atoms with Gasteiger partial charge >= 0.3 is 6.03 Å². The summed E-state index contributed by atoms with van der Waals surface area (Å²) in [4.78, 5) is 16.9. The Morgan fingerprint density at radius 2 is 1.67 bits per heavy atom. The first-order valence-electron chi connectivity index (χ1n) is 8.32. The zero-order valence-corrected chi connectivity index (χ0v) is 13.6. The molecule has 0 aliphatic carbocycles. The molecule has 0 aromatic rings. The van der Waals surface area contributed by atoms with Gasteiger partial charge in [0.15, 0.2) is 0 Å². The Bertz CT molecular complexity index is 373. The van der Waals surface area contributed by atoms with Gasteiger partial charge in [0.2, 0.25) is 0 Å². The van der Waals surface area contributed by atoms with Crippen LogP contribution in [0, 0.1) is 11.8 Å². The van der Waals surface area contributed by atoms with Gasteiger partial charge in [0, 0.05) is 49.6 Å². The highest BCUT2D eigenvalue weighted by molar-refractivity contribution is 5.75. The standard InChI is InChI=1S/C16H29N3O2/c1-16(2,3)19-6-4-14(5-7-19)17-15(20)18-8-12-10-21-11-13(12)9-18/h12-14H,4-11H2,1-3H3,(H,17,20). The van der Waals surface area contributed by atoms with Crippen LogP contribution in [0.1, 0.15) is 33.6 Å². The van der Waals surface area contributed by atoms with Crippen molar-refractivity contribution < 1.29 is 9.53 Å². The Balaban J connectivity index is 1.44. The third kappa shape index (κ3) is 3.34. The Hall–Kier alpha value is -0.810. The Labute approximate surface area is 128 Å². The molecular weight excluding hydrogens is 266 g/mol. The molecule has 3 aliphatic heterocycles. The van der Waals surface area contributed by atoms with Crippen LogP contribution >= 0.6 is 0 Å². The van der Waals surface area contributed by atoms with E-state index < -0.39 is 0 Å². The number of piperidine rings is 1. The molecule has 2 atom stereocenters. The number of ether oxygens (including phenoxy) is 1. The highest BCUT2D eigenvalue weighted by Gasteiger charge is 2.39. The summed E-state index contributed by atoms with van der Waals surface area (Å²) < 4.78 is 5.47. The van der Waals surface area contributed by atoms with Crippen molar-refractivity contribution in [2.75, 3.05) is 39.4 Å². The number of nitrogens with one attached hydrogen (secondary N) is 1. The van der Waals surface area contributed by atoms with Crippen LogP contribution in [-0.4, -0.2) is 66.8 Å². The van der Waals surface area contributed by atoms with Gasteiger partial charge in [-0.1, -0.05) is 0 Å². The number of hydrogen-bond acceptors (Lipinski definition) is 3. The molecule has 0 spiro atoms. The van der Waals surface area contributed by atoms with Crippen LogP contribution in [0.2, 0.25) is 0 Å². The van der Waals surface area contributed by atoms with Crippen LogP contribution < -0.4 is 5.32 Å². The summed E-state index contributed by atoms with van der Waals surface area (Å²) in [5.74, 6) is 1.14. The first kappa shape index (κ1) is 15.1. The van der Waals surface area contributed by atoms with E-state index in [1.165, 1.54) is 0 Å². The summed E-state index contributed by atoms with van der Waals surface area (Å²) in [5.41, 5.74) is 0.237. The van der Waals surface area contributed by atoms with Crippen molar-refractivity contribution in [3.8, 4) is 0 Å². The average molecular weight is 295 g/mol. The molecule has 5 nitrogen and oxygen atoms in total. The van der Waals surface area contributed by atoms with Gasteiger partial charge in [-0.15, -0.1) is 0 Å². The lowest BCUT2D eigenvalue weighted by Crippen LogP contribution is -2.52. The van der Waals surface area contributed by atoms with Crippen molar-refractivity contribution in [3.05, 3.63) is 0 Å². The molecule has 21 heavy (non-hydrogen) atoms. The van der Waals surface area contributed by atoms with Crippen molar-refractivity contribution >= 4 is 6.03 Å². The SMILES string of the molecule is CC(C)(C)N1CCC(NC(=O)N2CC3COCC3C2)CC1. The van der Waals surface area contributed by atoms with Crippen molar-refractivity contribution in [1.82, 2.24) is 15.1 Å². The van der Waals surface area contributed by atoms with E-state index in [1.54, 1.807) is 0 Å². The van der Waals surface area contributed by atoms with Crippen molar-refractivity contribution in [1.29, 1.82) is 0 Å². The fourth-order valence-corrected chi connectivity index (χ4v) is 3.81. The molecule has 3 fully saturated rings. The number of urea groups is 1. The van der Waals surface area contributed by atoms with E-state index in [0.29, 0.717) is 17.9 Å². The van der Waals surface area contributed by atoms with E-state index in [0.717, 1.165) is 52.2 Å². The summed E-state index contributed by atoms with van der Waals surface area (Å²) in [7, 11) is 0. The van der Waals surface area contributed by atoms with Crippen LogP contribution in [0.5, 0.6) is 0 Å². The summed E-state index contributed by atoms with van der Waals surface area (Å²) in [6.07, 6.45) is 2.12. The quantitative estimate of drug-likeness (QED) is 0.798. The second kappa shape index (κ2) is 5.76. The molecule has 2 amide bonds. The molecule has 3 heterocycles. The lowest BCUT2D eigenvalue weighted by atomic mass is 9.98. The summed E-state index contributed by atoms with van der Waals surface area (Å²) in [6, 6.07) is 0.478. The third-order valence-electron chi connectivity index (χ3n) is 5.30. The number of rotatable bonds is 1. The van der Waals surface area contributed by atoms with Gasteiger partial charge in [0.25, 0.3) is 0 Å². The fraction of sp³-hybridized carbons (Fsp3) is 0.938. The van der Waals surface area contributed by atoms with Crippen LogP contribution in [0.25, 0.3) is 0 Å². The second-order valence-electron chi connectivity index (χ2n) is 7.84. The number of carbonyl (C=O) groups is 1. The van der Waals surface area contributed by atoms with Gasteiger partial charge in [0.1, 0.15) is 0 Å². The topological polar surface area (TPSA) is 44.8 Å². The molecule has 0 aromatic heterocycles. The number of fused-ring (bicyclic) bond motifs is 1. The minimum absolute atomic E-state index is 0.138. The summed E-state index contributed by atoms with van der Waals surface area (Å²) in [6.45, 7) is 12.3. The van der Waals surface area contributed by atoms with Gasteiger partial charge < -0.3 is 15.0 Å². The lowest BCUT2D eigenvalue weighted by Gasteiger charge is -2.41. The lowest BCUT2D eigenvalue weighted by molar-refractivity contribution is 0.0957. The number of nitrogens with zero attached hydrogens (tertiary/aromatic N) is 2. The highest BCUT2D eigenvalue weighted by Crippen LogP contribution is 2.29. The molecule has 3 saturated heterocycles. The number of likely N-dealkylation sites (tertiary alicyclic amines) is 2. The maximum Gasteiger partial charge on any atom is 0.317 e. The Morgan fingerprint density at radius 1 is 1.10 bits per heavy atom. The second-order valence-corrected chi connectivity index (χ2v) is 7.84. The maximum absolute atomic E-state index is 12.4. The molecule has 0 saturated carbocycles. The van der Waals surface area contributed by atoms with Gasteiger partial charge in [-0.05, 0) is 33.6 Å². The number of hydrogen-bond donors (Lipinski definition) is 1. The minimum Gasteiger partial charge on any atom is -0.381 e. The zero-order valence-electron chi connectivity index (χ0n) is 13.6.